The molecule has 2 aromatic carbocycles. The highest BCUT2D eigenvalue weighted by molar-refractivity contribution is 9.10. The maximum absolute atomic E-state index is 12.2. The number of amides is 1. The zero-order valence-corrected chi connectivity index (χ0v) is 12.7. The highest BCUT2D eigenvalue weighted by Crippen LogP contribution is 2.24. The normalized spacial score (nSPS) is 10.1. The first kappa shape index (κ1) is 14.5. The van der Waals surface area contributed by atoms with Crippen molar-refractivity contribution in [3.8, 4) is 5.75 Å². The number of thiocarbonyl (C=S) groups is 1. The molecule has 0 aromatic heterocycles. The number of hydrogen-bond acceptors (Lipinski definition) is 3. The molecule has 0 aliphatic rings. The minimum Gasteiger partial charge on any atom is -0.507 e. The number of benzene rings is 2. The lowest BCUT2D eigenvalue weighted by atomic mass is 10.1. The Morgan fingerprint density at radius 1 is 1.20 bits per heavy atom. The van der Waals surface area contributed by atoms with E-state index in [0.29, 0.717) is 15.7 Å². The number of carbonyl (C=O) groups is 1. The molecule has 0 saturated heterocycles. The summed E-state index contributed by atoms with van der Waals surface area (Å²) in [5.74, 6) is -0.536. The topological polar surface area (TPSA) is 75.3 Å². The van der Waals surface area contributed by atoms with Gasteiger partial charge in [0.25, 0.3) is 5.91 Å². The fourth-order valence-electron chi connectivity index (χ4n) is 1.69. The first-order valence-corrected chi connectivity index (χ1v) is 6.88. The van der Waals surface area contributed by atoms with Crippen LogP contribution in [0.4, 0.5) is 5.69 Å². The second-order valence-corrected chi connectivity index (χ2v) is 5.38. The summed E-state index contributed by atoms with van der Waals surface area (Å²) in [6.07, 6.45) is 0. The summed E-state index contributed by atoms with van der Waals surface area (Å²) in [6.45, 7) is 0. The Morgan fingerprint density at radius 2 is 1.90 bits per heavy atom. The standard InChI is InChI=1S/C14H11BrN2O2S/c15-8-5-6-12(18)10(7-8)14(19)17-11-4-2-1-3-9(11)13(16)20/h1-7,18H,(H2,16,20)(H,17,19). The van der Waals surface area contributed by atoms with Crippen molar-refractivity contribution < 1.29 is 9.90 Å². The van der Waals surface area contributed by atoms with Gasteiger partial charge in [0.15, 0.2) is 0 Å². The summed E-state index contributed by atoms with van der Waals surface area (Å²) in [5, 5.41) is 12.4. The van der Waals surface area contributed by atoms with Crippen molar-refractivity contribution in [2.75, 3.05) is 5.32 Å². The number of aromatic hydroxyl groups is 1. The number of nitrogens with two attached hydrogens (primary N) is 1. The van der Waals surface area contributed by atoms with Gasteiger partial charge in [-0.3, -0.25) is 4.79 Å². The monoisotopic (exact) mass is 350 g/mol. The largest absolute Gasteiger partial charge is 0.507 e. The number of halogens is 1. The van der Waals surface area contributed by atoms with E-state index in [0.717, 1.165) is 0 Å². The van der Waals surface area contributed by atoms with Gasteiger partial charge in [-0.15, -0.1) is 0 Å². The lowest BCUT2D eigenvalue weighted by Crippen LogP contribution is -2.17. The maximum Gasteiger partial charge on any atom is 0.259 e. The predicted octanol–water partition coefficient (Wildman–Crippen LogP) is 3.04. The van der Waals surface area contributed by atoms with Crippen molar-refractivity contribution in [3.05, 3.63) is 58.1 Å². The molecule has 0 bridgehead atoms. The van der Waals surface area contributed by atoms with Crippen molar-refractivity contribution in [1.29, 1.82) is 0 Å². The third-order valence-corrected chi connectivity index (χ3v) is 3.36. The third-order valence-electron chi connectivity index (χ3n) is 2.64. The first-order chi connectivity index (χ1) is 9.49. The molecule has 0 heterocycles. The Labute approximate surface area is 129 Å². The van der Waals surface area contributed by atoms with Gasteiger partial charge < -0.3 is 16.2 Å². The quantitative estimate of drug-likeness (QED) is 0.743. The minimum atomic E-state index is -0.437. The van der Waals surface area contributed by atoms with E-state index in [4.69, 9.17) is 18.0 Å². The van der Waals surface area contributed by atoms with Crippen molar-refractivity contribution in [1.82, 2.24) is 0 Å². The fraction of sp³-hybridized carbons (Fsp3) is 0. The van der Waals surface area contributed by atoms with Gasteiger partial charge >= 0.3 is 0 Å². The number of hydrogen-bond donors (Lipinski definition) is 3. The van der Waals surface area contributed by atoms with E-state index in [1.54, 1.807) is 30.3 Å². The predicted molar refractivity (Wildman–Crippen MR) is 86.1 cm³/mol. The van der Waals surface area contributed by atoms with E-state index in [1.165, 1.54) is 12.1 Å². The molecule has 0 fully saturated rings. The van der Waals surface area contributed by atoms with E-state index in [2.05, 4.69) is 21.2 Å². The first-order valence-electron chi connectivity index (χ1n) is 5.67. The molecule has 2 rings (SSSR count). The molecule has 4 N–H and O–H groups in total. The molecule has 0 aliphatic carbocycles. The highest BCUT2D eigenvalue weighted by atomic mass is 79.9. The second-order valence-electron chi connectivity index (χ2n) is 4.03. The van der Waals surface area contributed by atoms with Gasteiger partial charge in [0.05, 0.1) is 11.3 Å². The number of rotatable bonds is 3. The molecule has 2 aromatic rings. The summed E-state index contributed by atoms with van der Waals surface area (Å²) in [6, 6.07) is 11.6. The fourth-order valence-corrected chi connectivity index (χ4v) is 2.23. The Morgan fingerprint density at radius 3 is 2.60 bits per heavy atom. The molecule has 0 saturated carbocycles. The van der Waals surface area contributed by atoms with Gasteiger partial charge in [0, 0.05) is 10.0 Å². The van der Waals surface area contributed by atoms with Crippen molar-refractivity contribution >= 4 is 44.7 Å². The molecular weight excluding hydrogens is 340 g/mol. The molecule has 0 aliphatic heterocycles. The van der Waals surface area contributed by atoms with Gasteiger partial charge in [0.2, 0.25) is 0 Å². The van der Waals surface area contributed by atoms with Crippen molar-refractivity contribution in [2.45, 2.75) is 0 Å². The SMILES string of the molecule is NC(=S)c1ccccc1NC(=O)c1cc(Br)ccc1O. The summed E-state index contributed by atoms with van der Waals surface area (Å²) in [5.41, 5.74) is 6.85. The van der Waals surface area contributed by atoms with Crippen LogP contribution in [0.2, 0.25) is 0 Å². The summed E-state index contributed by atoms with van der Waals surface area (Å²) in [7, 11) is 0. The molecule has 0 spiro atoms. The zero-order valence-electron chi connectivity index (χ0n) is 10.3. The Kier molecular flexibility index (Phi) is 4.36. The van der Waals surface area contributed by atoms with E-state index < -0.39 is 5.91 Å². The van der Waals surface area contributed by atoms with Gasteiger partial charge in [-0.2, -0.15) is 0 Å². The van der Waals surface area contributed by atoms with Crippen molar-refractivity contribution in [2.24, 2.45) is 5.73 Å². The Balaban J connectivity index is 2.33. The number of para-hydroxylation sites is 1. The molecule has 102 valence electrons. The molecular formula is C14H11BrN2O2S. The van der Waals surface area contributed by atoms with E-state index in [-0.39, 0.29) is 16.3 Å². The molecule has 0 unspecified atom stereocenters. The third kappa shape index (κ3) is 3.15. The average Bonchev–Trinajstić information content (AvgIpc) is 2.41. The maximum atomic E-state index is 12.2. The van der Waals surface area contributed by atoms with Crippen LogP contribution >= 0.6 is 28.1 Å². The van der Waals surface area contributed by atoms with E-state index in [9.17, 15) is 9.90 Å². The smallest absolute Gasteiger partial charge is 0.259 e. The van der Waals surface area contributed by atoms with Gasteiger partial charge in [-0.05, 0) is 30.3 Å². The van der Waals surface area contributed by atoms with E-state index >= 15 is 0 Å². The molecule has 1 amide bonds. The van der Waals surface area contributed by atoms with Crippen LogP contribution in [0.15, 0.2) is 46.9 Å². The van der Waals surface area contributed by atoms with Crippen molar-refractivity contribution in [3.63, 3.8) is 0 Å². The van der Waals surface area contributed by atoms with Crippen LogP contribution in [-0.4, -0.2) is 16.0 Å². The molecule has 20 heavy (non-hydrogen) atoms. The Hall–Kier alpha value is -1.92. The summed E-state index contributed by atoms with van der Waals surface area (Å²) >= 11 is 8.19. The molecule has 0 atom stereocenters. The molecule has 0 radical (unpaired) electrons. The van der Waals surface area contributed by atoms with Crippen LogP contribution in [0.5, 0.6) is 5.75 Å². The van der Waals surface area contributed by atoms with E-state index in [1.807, 2.05) is 0 Å². The minimum absolute atomic E-state index is 0.0986. The second kappa shape index (κ2) is 6.02. The van der Waals surface area contributed by atoms with Crippen LogP contribution in [-0.2, 0) is 0 Å². The number of anilines is 1. The molecule has 4 nitrogen and oxygen atoms in total. The van der Waals surface area contributed by atoms with Crippen LogP contribution in [0, 0.1) is 0 Å². The number of nitrogens with one attached hydrogen (secondary N) is 1. The van der Waals surface area contributed by atoms with Crippen LogP contribution in [0.25, 0.3) is 0 Å². The average molecular weight is 351 g/mol. The number of phenols is 1. The summed E-state index contributed by atoms with van der Waals surface area (Å²) < 4.78 is 0.697. The molecule has 6 heteroatoms. The lowest BCUT2D eigenvalue weighted by Gasteiger charge is -2.11. The van der Waals surface area contributed by atoms with Gasteiger partial charge in [-0.25, -0.2) is 0 Å². The number of phenolic OH excluding ortho intramolecular Hbond substituents is 1. The van der Waals surface area contributed by atoms with Crippen LogP contribution in [0.1, 0.15) is 15.9 Å². The van der Waals surface area contributed by atoms with Crippen LogP contribution < -0.4 is 11.1 Å². The highest BCUT2D eigenvalue weighted by Gasteiger charge is 2.14. The van der Waals surface area contributed by atoms with Gasteiger partial charge in [0.1, 0.15) is 10.7 Å². The summed E-state index contributed by atoms with van der Waals surface area (Å²) in [4.78, 5) is 12.4. The lowest BCUT2D eigenvalue weighted by molar-refractivity contribution is 0.102. The van der Waals surface area contributed by atoms with Gasteiger partial charge in [-0.1, -0.05) is 40.3 Å². The Bertz CT molecular complexity index is 689. The van der Waals surface area contributed by atoms with Crippen LogP contribution in [0.3, 0.4) is 0 Å². The number of carbonyl (C=O) groups excluding carboxylic acids is 1. The zero-order chi connectivity index (χ0) is 14.7.